The quantitative estimate of drug-likeness (QED) is 0.621. The van der Waals surface area contributed by atoms with Crippen molar-refractivity contribution in [1.29, 1.82) is 0 Å². The van der Waals surface area contributed by atoms with E-state index in [9.17, 15) is 0 Å². The van der Waals surface area contributed by atoms with Crippen LogP contribution in [0, 0.1) is 0 Å². The predicted molar refractivity (Wildman–Crippen MR) is 78.5 cm³/mol. The van der Waals surface area contributed by atoms with Gasteiger partial charge >= 0.3 is 0 Å². The standard InChI is InChI=1S/C15H18N4/c1-5-7-12(8-11(3)6-2)14-13-9-16-10-17-15(13)19(4)18-14/h5-7,9-10H,1,8H2,2-4H3/b11-6-,12-7+. The van der Waals surface area contributed by atoms with E-state index in [1.807, 2.05) is 26.2 Å². The monoisotopic (exact) mass is 254 g/mol. The smallest absolute Gasteiger partial charge is 0.161 e. The Morgan fingerprint density at radius 1 is 1.47 bits per heavy atom. The maximum atomic E-state index is 4.57. The lowest BCUT2D eigenvalue weighted by Crippen LogP contribution is -1.93. The molecule has 0 radical (unpaired) electrons. The van der Waals surface area contributed by atoms with Gasteiger partial charge in [0.1, 0.15) is 6.33 Å². The number of aryl methyl sites for hydroxylation is 1. The van der Waals surface area contributed by atoms with Crippen LogP contribution in [0.15, 0.2) is 42.9 Å². The first-order chi connectivity index (χ1) is 9.17. The summed E-state index contributed by atoms with van der Waals surface area (Å²) in [5, 5.41) is 5.54. The maximum absolute atomic E-state index is 4.57. The minimum atomic E-state index is 0.845. The van der Waals surface area contributed by atoms with Crippen LogP contribution in [-0.2, 0) is 7.05 Å². The largest absolute Gasteiger partial charge is 0.250 e. The van der Waals surface area contributed by atoms with Crippen LogP contribution in [0.2, 0.25) is 0 Å². The first kappa shape index (κ1) is 13.2. The van der Waals surface area contributed by atoms with Crippen LogP contribution in [0.1, 0.15) is 26.0 Å². The molecule has 0 saturated heterocycles. The third-order valence-electron chi connectivity index (χ3n) is 3.09. The molecule has 0 aromatic carbocycles. The van der Waals surface area contributed by atoms with E-state index >= 15 is 0 Å². The van der Waals surface area contributed by atoms with Crippen LogP contribution in [0.4, 0.5) is 0 Å². The molecule has 0 aliphatic rings. The molecule has 4 nitrogen and oxygen atoms in total. The van der Waals surface area contributed by atoms with Crippen molar-refractivity contribution >= 4 is 16.6 Å². The molecule has 0 aliphatic carbocycles. The Hall–Kier alpha value is -2.23. The molecule has 0 aliphatic heterocycles. The van der Waals surface area contributed by atoms with Gasteiger partial charge < -0.3 is 0 Å². The van der Waals surface area contributed by atoms with Crippen LogP contribution < -0.4 is 0 Å². The highest BCUT2D eigenvalue weighted by Gasteiger charge is 2.13. The molecule has 0 saturated carbocycles. The first-order valence-corrected chi connectivity index (χ1v) is 6.23. The summed E-state index contributed by atoms with van der Waals surface area (Å²) in [6, 6.07) is 0. The van der Waals surface area contributed by atoms with Crippen molar-refractivity contribution in [1.82, 2.24) is 19.7 Å². The summed E-state index contributed by atoms with van der Waals surface area (Å²) in [4.78, 5) is 8.36. The van der Waals surface area contributed by atoms with Gasteiger partial charge in [0.25, 0.3) is 0 Å². The second kappa shape index (κ2) is 5.61. The Balaban J connectivity index is 2.57. The molecule has 4 heteroatoms. The molecule has 2 rings (SSSR count). The highest BCUT2D eigenvalue weighted by molar-refractivity contribution is 5.88. The molecule has 0 amide bonds. The van der Waals surface area contributed by atoms with Crippen molar-refractivity contribution in [2.24, 2.45) is 7.05 Å². The number of rotatable bonds is 4. The number of allylic oxidation sites excluding steroid dienone is 5. The third kappa shape index (κ3) is 2.62. The van der Waals surface area contributed by atoms with Gasteiger partial charge in [0.05, 0.1) is 11.1 Å². The molecule has 98 valence electrons. The number of nitrogens with zero attached hydrogens (tertiary/aromatic N) is 4. The van der Waals surface area contributed by atoms with Gasteiger partial charge in [-0.1, -0.05) is 30.4 Å². The molecule has 0 atom stereocenters. The Morgan fingerprint density at radius 3 is 2.95 bits per heavy atom. The normalized spacial score (nSPS) is 13.0. The topological polar surface area (TPSA) is 43.6 Å². The van der Waals surface area contributed by atoms with Crippen LogP contribution in [0.3, 0.4) is 0 Å². The summed E-state index contributed by atoms with van der Waals surface area (Å²) in [5.74, 6) is 0. The molecular formula is C15H18N4. The highest BCUT2D eigenvalue weighted by atomic mass is 15.3. The first-order valence-electron chi connectivity index (χ1n) is 6.23. The van der Waals surface area contributed by atoms with E-state index in [1.165, 1.54) is 5.57 Å². The van der Waals surface area contributed by atoms with Crippen molar-refractivity contribution in [2.75, 3.05) is 0 Å². The lowest BCUT2D eigenvalue weighted by molar-refractivity contribution is 0.779. The van der Waals surface area contributed by atoms with Gasteiger partial charge in [-0.15, -0.1) is 0 Å². The van der Waals surface area contributed by atoms with Crippen LogP contribution in [0.25, 0.3) is 16.6 Å². The molecule has 2 aromatic heterocycles. The van der Waals surface area contributed by atoms with E-state index in [1.54, 1.807) is 17.1 Å². The van der Waals surface area contributed by atoms with Gasteiger partial charge in [-0.25, -0.2) is 14.6 Å². The van der Waals surface area contributed by atoms with Gasteiger partial charge in [-0.2, -0.15) is 5.10 Å². The van der Waals surface area contributed by atoms with Gasteiger partial charge in [-0.3, -0.25) is 0 Å². The van der Waals surface area contributed by atoms with Gasteiger partial charge in [0.2, 0.25) is 0 Å². The van der Waals surface area contributed by atoms with E-state index in [0.29, 0.717) is 0 Å². The van der Waals surface area contributed by atoms with Crippen LogP contribution >= 0.6 is 0 Å². The van der Waals surface area contributed by atoms with E-state index < -0.39 is 0 Å². The number of aromatic nitrogens is 4. The van der Waals surface area contributed by atoms with Gasteiger partial charge in [0, 0.05) is 13.2 Å². The summed E-state index contributed by atoms with van der Waals surface area (Å²) in [6.45, 7) is 7.94. The van der Waals surface area contributed by atoms with Crippen LogP contribution in [-0.4, -0.2) is 19.7 Å². The summed E-state index contributed by atoms with van der Waals surface area (Å²) < 4.78 is 1.79. The Kier molecular flexibility index (Phi) is 3.90. The Morgan fingerprint density at radius 2 is 2.26 bits per heavy atom. The number of fused-ring (bicyclic) bond motifs is 1. The number of hydrogen-bond donors (Lipinski definition) is 0. The fourth-order valence-corrected chi connectivity index (χ4v) is 2.00. The molecule has 0 spiro atoms. The predicted octanol–water partition coefficient (Wildman–Crippen LogP) is 3.29. The van der Waals surface area contributed by atoms with Crippen LogP contribution in [0.5, 0.6) is 0 Å². The maximum Gasteiger partial charge on any atom is 0.161 e. The molecular weight excluding hydrogens is 236 g/mol. The molecule has 2 aromatic rings. The summed E-state index contributed by atoms with van der Waals surface area (Å²) in [6.07, 6.45) is 10.1. The molecule has 19 heavy (non-hydrogen) atoms. The molecule has 0 fully saturated rings. The molecule has 0 unspecified atom stereocenters. The van der Waals surface area contributed by atoms with E-state index in [4.69, 9.17) is 0 Å². The average Bonchev–Trinajstić information content (AvgIpc) is 2.76. The zero-order valence-electron chi connectivity index (χ0n) is 11.6. The average molecular weight is 254 g/mol. The van der Waals surface area contributed by atoms with Crippen molar-refractivity contribution in [3.05, 3.63) is 48.6 Å². The van der Waals surface area contributed by atoms with Gasteiger partial charge in [0.15, 0.2) is 5.65 Å². The van der Waals surface area contributed by atoms with Crippen molar-refractivity contribution in [3.63, 3.8) is 0 Å². The lowest BCUT2D eigenvalue weighted by Gasteiger charge is -2.04. The minimum absolute atomic E-state index is 0.845. The molecule has 0 bridgehead atoms. The Labute approximate surface area is 113 Å². The lowest BCUT2D eigenvalue weighted by atomic mass is 10.0. The van der Waals surface area contributed by atoms with E-state index in [-0.39, 0.29) is 0 Å². The van der Waals surface area contributed by atoms with E-state index in [0.717, 1.165) is 28.7 Å². The fourth-order valence-electron chi connectivity index (χ4n) is 2.00. The second-order valence-corrected chi connectivity index (χ2v) is 4.47. The molecule has 2 heterocycles. The second-order valence-electron chi connectivity index (χ2n) is 4.47. The number of hydrogen-bond acceptors (Lipinski definition) is 3. The summed E-state index contributed by atoms with van der Waals surface area (Å²) >= 11 is 0. The zero-order chi connectivity index (χ0) is 13.8. The van der Waals surface area contributed by atoms with Gasteiger partial charge in [-0.05, 0) is 25.8 Å². The minimum Gasteiger partial charge on any atom is -0.250 e. The highest BCUT2D eigenvalue weighted by Crippen LogP contribution is 2.27. The zero-order valence-corrected chi connectivity index (χ0v) is 11.6. The third-order valence-corrected chi connectivity index (χ3v) is 3.09. The summed E-state index contributed by atoms with van der Waals surface area (Å²) in [7, 11) is 1.90. The van der Waals surface area contributed by atoms with Crippen molar-refractivity contribution < 1.29 is 0 Å². The van der Waals surface area contributed by atoms with Crippen molar-refractivity contribution in [3.8, 4) is 0 Å². The fraction of sp³-hybridized carbons (Fsp3) is 0.267. The molecule has 0 N–H and O–H groups in total. The van der Waals surface area contributed by atoms with Crippen molar-refractivity contribution in [2.45, 2.75) is 20.3 Å². The van der Waals surface area contributed by atoms with E-state index in [2.05, 4.69) is 34.6 Å². The summed E-state index contributed by atoms with van der Waals surface area (Å²) in [5.41, 5.74) is 4.20. The SMILES string of the molecule is C=C/C=C(\C/C(C)=C\C)c1nn(C)c2ncncc12. The Bertz CT molecular complexity index is 662.